The summed E-state index contributed by atoms with van der Waals surface area (Å²) in [6, 6.07) is 1.07. The summed E-state index contributed by atoms with van der Waals surface area (Å²) in [5.41, 5.74) is -0.353. The Labute approximate surface area is 119 Å². The highest BCUT2D eigenvalue weighted by atomic mass is 79.9. The summed E-state index contributed by atoms with van der Waals surface area (Å²) in [5.74, 6) is -0.945. The van der Waals surface area contributed by atoms with Gasteiger partial charge in [-0.25, -0.2) is 0 Å². The molecule has 0 atom stereocenters. The lowest BCUT2D eigenvalue weighted by atomic mass is 10.1. The molecule has 0 heterocycles. The molecule has 1 rings (SSSR count). The Balaban J connectivity index is 3.31. The van der Waals surface area contributed by atoms with E-state index in [0.717, 1.165) is 6.07 Å². The van der Waals surface area contributed by atoms with Crippen molar-refractivity contribution in [2.75, 3.05) is 5.75 Å². The molecule has 1 aromatic rings. The summed E-state index contributed by atoms with van der Waals surface area (Å²) in [7, 11) is -4.24. The van der Waals surface area contributed by atoms with Gasteiger partial charge in [-0.15, -0.1) is 0 Å². The standard InChI is InChI=1S/C8H7Br2NO6S/c9-5-3-6(11(13)14)4(7(10)8(5)12)1-2-18(15,16)17/h3,12H,1-2H2,(H,15,16,17). The summed E-state index contributed by atoms with van der Waals surface area (Å²) in [4.78, 5) is 10.1. The van der Waals surface area contributed by atoms with E-state index in [1.807, 2.05) is 0 Å². The molecule has 0 bridgehead atoms. The molecule has 0 aliphatic heterocycles. The highest BCUT2D eigenvalue weighted by molar-refractivity contribution is 9.11. The molecule has 2 N–H and O–H groups in total. The van der Waals surface area contributed by atoms with Crippen LogP contribution in [0.15, 0.2) is 15.0 Å². The number of hydrogen-bond acceptors (Lipinski definition) is 5. The largest absolute Gasteiger partial charge is 0.506 e. The molecule has 1 aromatic carbocycles. The van der Waals surface area contributed by atoms with Gasteiger partial charge < -0.3 is 5.11 Å². The zero-order valence-corrected chi connectivity index (χ0v) is 12.6. The number of hydrogen-bond donors (Lipinski definition) is 2. The Bertz CT molecular complexity index is 600. The van der Waals surface area contributed by atoms with Gasteiger partial charge in [0.05, 0.1) is 19.6 Å². The lowest BCUT2D eigenvalue weighted by Crippen LogP contribution is -2.08. The highest BCUT2D eigenvalue weighted by Gasteiger charge is 2.23. The molecule has 7 nitrogen and oxygen atoms in total. The van der Waals surface area contributed by atoms with Crippen LogP contribution < -0.4 is 0 Å². The molecule has 0 saturated carbocycles. The normalized spacial score (nSPS) is 11.5. The van der Waals surface area contributed by atoms with Gasteiger partial charge in [0.25, 0.3) is 15.8 Å². The van der Waals surface area contributed by atoms with E-state index in [2.05, 4.69) is 31.9 Å². The Morgan fingerprint density at radius 1 is 1.39 bits per heavy atom. The molecule has 100 valence electrons. The average Bonchev–Trinajstić information content (AvgIpc) is 2.22. The second-order valence-electron chi connectivity index (χ2n) is 3.31. The number of nitro benzene ring substituents is 1. The number of aromatic hydroxyl groups is 1. The van der Waals surface area contributed by atoms with Crippen molar-refractivity contribution in [3.8, 4) is 5.75 Å². The Hall–Kier alpha value is -0.710. The number of nitro groups is 1. The van der Waals surface area contributed by atoms with E-state index in [1.165, 1.54) is 0 Å². The van der Waals surface area contributed by atoms with Crippen LogP contribution in [0.2, 0.25) is 0 Å². The number of nitrogens with zero attached hydrogens (tertiary/aromatic N) is 1. The first-order valence-corrected chi connectivity index (χ1v) is 7.62. The molecule has 18 heavy (non-hydrogen) atoms. The third-order valence-corrected chi connectivity index (χ3v) is 4.26. The van der Waals surface area contributed by atoms with Crippen LogP contribution in [0.5, 0.6) is 5.75 Å². The molecule has 0 aromatic heterocycles. The van der Waals surface area contributed by atoms with Crippen LogP contribution in [-0.4, -0.2) is 28.8 Å². The zero-order chi connectivity index (χ0) is 14.1. The van der Waals surface area contributed by atoms with Crippen molar-refractivity contribution in [2.24, 2.45) is 0 Å². The molecule has 0 unspecified atom stereocenters. The Morgan fingerprint density at radius 3 is 2.39 bits per heavy atom. The summed E-state index contributed by atoms with van der Waals surface area (Å²) in [5, 5.41) is 20.4. The third kappa shape index (κ3) is 3.64. The van der Waals surface area contributed by atoms with E-state index < -0.39 is 20.8 Å². The van der Waals surface area contributed by atoms with Crippen molar-refractivity contribution < 1.29 is 23.0 Å². The van der Waals surface area contributed by atoms with E-state index in [4.69, 9.17) is 4.55 Å². The number of halogens is 2. The van der Waals surface area contributed by atoms with Crippen molar-refractivity contribution in [1.29, 1.82) is 0 Å². The van der Waals surface area contributed by atoms with Gasteiger partial charge in [0.2, 0.25) is 0 Å². The average molecular weight is 405 g/mol. The molecule has 0 fully saturated rings. The van der Waals surface area contributed by atoms with E-state index in [-0.39, 0.29) is 32.4 Å². The van der Waals surface area contributed by atoms with Gasteiger partial charge >= 0.3 is 0 Å². The van der Waals surface area contributed by atoms with Crippen LogP contribution in [0.3, 0.4) is 0 Å². The van der Waals surface area contributed by atoms with Gasteiger partial charge in [0.15, 0.2) is 0 Å². The summed E-state index contributed by atoms with van der Waals surface area (Å²) >= 11 is 5.89. The van der Waals surface area contributed by atoms with Crippen LogP contribution in [-0.2, 0) is 16.5 Å². The number of benzene rings is 1. The minimum atomic E-state index is -4.24. The predicted octanol–water partition coefficient (Wildman–Crippen LogP) is 2.26. The molecule has 0 aliphatic carbocycles. The van der Waals surface area contributed by atoms with Crippen LogP contribution in [0.25, 0.3) is 0 Å². The Kier molecular flexibility index (Phi) is 4.70. The lowest BCUT2D eigenvalue weighted by Gasteiger charge is -2.08. The monoisotopic (exact) mass is 403 g/mol. The van der Waals surface area contributed by atoms with Crippen molar-refractivity contribution in [1.82, 2.24) is 0 Å². The van der Waals surface area contributed by atoms with Gasteiger partial charge in [-0.05, 0) is 38.3 Å². The second-order valence-corrected chi connectivity index (χ2v) is 6.53. The van der Waals surface area contributed by atoms with Gasteiger partial charge in [0, 0.05) is 11.6 Å². The topological polar surface area (TPSA) is 118 Å². The molecule has 0 radical (unpaired) electrons. The van der Waals surface area contributed by atoms with E-state index in [1.54, 1.807) is 0 Å². The maximum Gasteiger partial charge on any atom is 0.275 e. The van der Waals surface area contributed by atoms with E-state index in [0.29, 0.717) is 0 Å². The van der Waals surface area contributed by atoms with Gasteiger partial charge in [0.1, 0.15) is 5.75 Å². The van der Waals surface area contributed by atoms with Crippen molar-refractivity contribution >= 4 is 47.7 Å². The first-order valence-electron chi connectivity index (χ1n) is 4.43. The van der Waals surface area contributed by atoms with E-state index >= 15 is 0 Å². The molecule has 0 saturated heterocycles. The van der Waals surface area contributed by atoms with Gasteiger partial charge in [-0.3, -0.25) is 14.7 Å². The molecule has 0 spiro atoms. The molecule has 10 heteroatoms. The SMILES string of the molecule is O=[N+]([O-])c1cc(Br)c(O)c(Br)c1CCS(=O)(=O)O. The first kappa shape index (κ1) is 15.3. The zero-order valence-electron chi connectivity index (χ0n) is 8.63. The lowest BCUT2D eigenvalue weighted by molar-refractivity contribution is -0.385. The smallest absolute Gasteiger partial charge is 0.275 e. The number of rotatable bonds is 4. The quantitative estimate of drug-likeness (QED) is 0.451. The number of phenolic OH excluding ortho intramolecular Hbond substituents is 1. The van der Waals surface area contributed by atoms with Crippen LogP contribution in [0.1, 0.15) is 5.56 Å². The van der Waals surface area contributed by atoms with Gasteiger partial charge in [-0.2, -0.15) is 8.42 Å². The fourth-order valence-corrected chi connectivity index (χ4v) is 3.03. The summed E-state index contributed by atoms with van der Waals surface area (Å²) in [6.07, 6.45) is -0.295. The summed E-state index contributed by atoms with van der Waals surface area (Å²) in [6.45, 7) is 0. The summed E-state index contributed by atoms with van der Waals surface area (Å²) < 4.78 is 30.1. The van der Waals surface area contributed by atoms with Crippen molar-refractivity contribution in [3.05, 3.63) is 30.7 Å². The minimum Gasteiger partial charge on any atom is -0.506 e. The van der Waals surface area contributed by atoms with Crippen LogP contribution in [0.4, 0.5) is 5.69 Å². The highest BCUT2D eigenvalue weighted by Crippen LogP contribution is 2.40. The fraction of sp³-hybridized carbons (Fsp3) is 0.250. The van der Waals surface area contributed by atoms with Gasteiger partial charge in [-0.1, -0.05) is 0 Å². The molecular weight excluding hydrogens is 398 g/mol. The minimum absolute atomic E-state index is 0.00155. The van der Waals surface area contributed by atoms with Crippen LogP contribution >= 0.6 is 31.9 Å². The third-order valence-electron chi connectivity index (χ3n) is 2.08. The maximum absolute atomic E-state index is 10.8. The maximum atomic E-state index is 10.8. The fourth-order valence-electron chi connectivity index (χ4n) is 1.27. The Morgan fingerprint density at radius 2 is 1.94 bits per heavy atom. The van der Waals surface area contributed by atoms with Crippen molar-refractivity contribution in [2.45, 2.75) is 6.42 Å². The number of phenols is 1. The predicted molar refractivity (Wildman–Crippen MR) is 70.3 cm³/mol. The molecule has 0 amide bonds. The molecular formula is C8H7Br2NO6S. The first-order chi connectivity index (χ1) is 8.13. The van der Waals surface area contributed by atoms with Crippen LogP contribution in [0, 0.1) is 10.1 Å². The molecule has 0 aliphatic rings. The van der Waals surface area contributed by atoms with E-state index in [9.17, 15) is 23.6 Å². The second kappa shape index (κ2) is 5.51. The van der Waals surface area contributed by atoms with Crippen molar-refractivity contribution in [3.63, 3.8) is 0 Å².